The van der Waals surface area contributed by atoms with Gasteiger partial charge in [0.1, 0.15) is 18.8 Å². The van der Waals surface area contributed by atoms with E-state index in [1.54, 1.807) is 20.8 Å². The summed E-state index contributed by atoms with van der Waals surface area (Å²) >= 11 is 0. The number of ketones is 1. The smallest absolute Gasteiger partial charge is 0.444 e. The van der Waals surface area contributed by atoms with Crippen LogP contribution in [0.2, 0.25) is 0 Å². The van der Waals surface area contributed by atoms with Gasteiger partial charge >= 0.3 is 17.7 Å². The van der Waals surface area contributed by atoms with E-state index in [2.05, 4.69) is 9.53 Å². The Kier molecular flexibility index (Phi) is 6.79. The molecule has 0 aromatic rings. The number of carbonyl (C=O) groups excluding carboxylic acids is 3. The van der Waals surface area contributed by atoms with Crippen molar-refractivity contribution in [3.8, 4) is 0 Å². The highest BCUT2D eigenvalue weighted by molar-refractivity contribution is 6.63. The van der Waals surface area contributed by atoms with Gasteiger partial charge in [-0.2, -0.15) is 4.79 Å². The number of hydrogen-bond donors (Lipinski definition) is 0. The average Bonchev–Trinajstić information content (AvgIpc) is 3.05. The summed E-state index contributed by atoms with van der Waals surface area (Å²) in [6.45, 7) is 6.13. The Morgan fingerprint density at radius 1 is 1.11 bits per heavy atom. The van der Waals surface area contributed by atoms with Crippen LogP contribution in [0.15, 0.2) is 0 Å². The molecular formula is C16H22N2O9. The van der Waals surface area contributed by atoms with Gasteiger partial charge in [0.2, 0.25) is 0 Å². The lowest BCUT2D eigenvalue weighted by Crippen LogP contribution is -2.46. The van der Waals surface area contributed by atoms with Gasteiger partial charge in [0.15, 0.2) is 18.2 Å². The van der Waals surface area contributed by atoms with Crippen molar-refractivity contribution in [2.45, 2.75) is 58.1 Å². The topological polar surface area (TPSA) is 143 Å². The molecule has 0 aliphatic carbocycles. The molecule has 2 saturated heterocycles. The molecule has 0 N–H and O–H groups in total. The minimum atomic E-state index is -1.40. The Bertz CT molecular complexity index is 656. The van der Waals surface area contributed by atoms with Crippen LogP contribution in [0.3, 0.4) is 0 Å². The minimum absolute atomic E-state index is 0.0227. The molecule has 11 nitrogen and oxygen atoms in total. The molecule has 0 unspecified atom stereocenters. The van der Waals surface area contributed by atoms with Crippen LogP contribution < -0.4 is 0 Å². The molecule has 2 aliphatic rings. The largest absolute Gasteiger partial charge is 0.464 e. The zero-order valence-corrected chi connectivity index (χ0v) is 15.5. The molecule has 0 aromatic carbocycles. The van der Waals surface area contributed by atoms with E-state index < -0.39 is 60.4 Å². The van der Waals surface area contributed by atoms with Gasteiger partial charge in [-0.3, -0.25) is 4.79 Å². The van der Waals surface area contributed by atoms with Crippen molar-refractivity contribution in [1.29, 1.82) is 0 Å². The van der Waals surface area contributed by atoms with Gasteiger partial charge < -0.3 is 34.0 Å². The fourth-order valence-corrected chi connectivity index (χ4v) is 2.76. The van der Waals surface area contributed by atoms with Crippen LogP contribution in [0.25, 0.3) is 5.53 Å². The number of fused-ring (bicyclic) bond motifs is 1. The zero-order chi connectivity index (χ0) is 20.2. The lowest BCUT2D eigenvalue weighted by Gasteiger charge is -2.24. The Morgan fingerprint density at radius 3 is 2.37 bits per heavy atom. The number of hydrogen-bond acceptors (Lipinski definition) is 9. The van der Waals surface area contributed by atoms with Crippen LogP contribution >= 0.6 is 0 Å². The Hall–Kier alpha value is -2.17. The SMILES string of the molecule is CCOC(=O)CO[C@H]1[C@H]2OC(C)(C)O[C@H]2O[C@H]1C(=O)C(=[N+]=[N-])C(=O)OCC. The lowest BCUT2D eigenvalue weighted by atomic mass is 10.0. The third-order valence-electron chi connectivity index (χ3n) is 3.75. The van der Waals surface area contributed by atoms with Gasteiger partial charge in [0, 0.05) is 0 Å². The summed E-state index contributed by atoms with van der Waals surface area (Å²) in [4.78, 5) is 38.8. The van der Waals surface area contributed by atoms with E-state index in [1.165, 1.54) is 6.92 Å². The monoisotopic (exact) mass is 386 g/mol. The zero-order valence-electron chi connectivity index (χ0n) is 15.5. The maximum Gasteiger partial charge on any atom is 0.444 e. The first-order valence-electron chi connectivity index (χ1n) is 8.45. The molecule has 0 spiro atoms. The Balaban J connectivity index is 2.20. The maximum absolute atomic E-state index is 12.6. The summed E-state index contributed by atoms with van der Waals surface area (Å²) in [5.74, 6) is -3.74. The summed E-state index contributed by atoms with van der Waals surface area (Å²) in [6.07, 6.45) is -4.31. The number of nitrogens with zero attached hydrogens (tertiary/aromatic N) is 2. The second-order valence-electron chi connectivity index (χ2n) is 6.14. The third kappa shape index (κ3) is 4.76. The Labute approximate surface area is 155 Å². The summed E-state index contributed by atoms with van der Waals surface area (Å²) < 4.78 is 31.7. The van der Waals surface area contributed by atoms with Gasteiger partial charge in [-0.1, -0.05) is 0 Å². The molecule has 27 heavy (non-hydrogen) atoms. The number of Topliss-reactive ketones (excluding diaryl/α,β-unsaturated/α-hetero) is 1. The summed E-state index contributed by atoms with van der Waals surface area (Å²) in [6, 6.07) is 0. The first-order chi connectivity index (χ1) is 12.7. The highest BCUT2D eigenvalue weighted by atomic mass is 16.8. The first-order valence-corrected chi connectivity index (χ1v) is 8.45. The summed E-state index contributed by atoms with van der Waals surface area (Å²) in [5.41, 5.74) is 8.19. The number of rotatable bonds is 8. The maximum atomic E-state index is 12.6. The first kappa shape index (κ1) is 21.1. The molecule has 0 amide bonds. The van der Waals surface area contributed by atoms with E-state index >= 15 is 0 Å². The fourth-order valence-electron chi connectivity index (χ4n) is 2.76. The number of esters is 2. The molecule has 2 aliphatic heterocycles. The molecule has 0 radical (unpaired) electrons. The molecule has 0 saturated carbocycles. The third-order valence-corrected chi connectivity index (χ3v) is 3.75. The molecule has 0 aromatic heterocycles. The molecule has 2 fully saturated rings. The van der Waals surface area contributed by atoms with E-state index in [0.717, 1.165) is 0 Å². The second kappa shape index (κ2) is 8.68. The van der Waals surface area contributed by atoms with Crippen LogP contribution in [0.4, 0.5) is 0 Å². The summed E-state index contributed by atoms with van der Waals surface area (Å²) in [7, 11) is 0. The standard InChI is InChI=1S/C16H22N2O9/c1-5-22-8(19)7-24-12-11(10(20)9(18-17)14(21)23-6-2)25-15-13(12)26-16(3,4)27-15/h11-13,15H,5-7H2,1-4H3/t11-,12+,13+,15+/m0/s1. The predicted molar refractivity (Wildman–Crippen MR) is 85.3 cm³/mol. The van der Waals surface area contributed by atoms with E-state index in [0.29, 0.717) is 0 Å². The molecule has 4 atom stereocenters. The van der Waals surface area contributed by atoms with Crippen LogP contribution in [-0.4, -0.2) is 78.4 Å². The van der Waals surface area contributed by atoms with Gasteiger partial charge in [-0.15, -0.1) is 0 Å². The Morgan fingerprint density at radius 2 is 1.78 bits per heavy atom. The molecule has 2 heterocycles. The molecular weight excluding hydrogens is 364 g/mol. The van der Waals surface area contributed by atoms with Gasteiger partial charge in [0.25, 0.3) is 5.78 Å². The van der Waals surface area contributed by atoms with E-state index in [-0.39, 0.29) is 13.2 Å². The minimum Gasteiger partial charge on any atom is -0.464 e. The normalized spacial score (nSPS) is 28.1. The van der Waals surface area contributed by atoms with Crippen LogP contribution in [-0.2, 0) is 42.8 Å². The van der Waals surface area contributed by atoms with Crippen LogP contribution in [0.5, 0.6) is 0 Å². The van der Waals surface area contributed by atoms with Gasteiger partial charge in [-0.25, -0.2) is 9.59 Å². The van der Waals surface area contributed by atoms with Crippen molar-refractivity contribution in [1.82, 2.24) is 0 Å². The lowest BCUT2D eigenvalue weighted by molar-refractivity contribution is -0.217. The van der Waals surface area contributed by atoms with Crippen molar-refractivity contribution in [2.75, 3.05) is 19.8 Å². The quantitative estimate of drug-likeness (QED) is 0.179. The number of ether oxygens (including phenoxy) is 6. The second-order valence-corrected chi connectivity index (χ2v) is 6.14. The van der Waals surface area contributed by atoms with E-state index in [4.69, 9.17) is 29.2 Å². The van der Waals surface area contributed by atoms with Crippen LogP contribution in [0, 0.1) is 0 Å². The predicted octanol–water partition coefficient (Wildman–Crippen LogP) is -0.386. The highest BCUT2D eigenvalue weighted by Gasteiger charge is 2.59. The molecule has 150 valence electrons. The van der Waals surface area contributed by atoms with Crippen molar-refractivity contribution in [3.63, 3.8) is 0 Å². The summed E-state index contributed by atoms with van der Waals surface area (Å²) in [5, 5.41) is 0. The van der Waals surface area contributed by atoms with Gasteiger partial charge in [-0.05, 0) is 27.7 Å². The number of carbonyl (C=O) groups is 3. The molecule has 0 bridgehead atoms. The van der Waals surface area contributed by atoms with Crippen molar-refractivity contribution >= 4 is 23.4 Å². The molecule has 2 rings (SSSR count). The van der Waals surface area contributed by atoms with E-state index in [1.807, 2.05) is 0 Å². The fraction of sp³-hybridized carbons (Fsp3) is 0.750. The highest BCUT2D eigenvalue weighted by Crippen LogP contribution is 2.39. The van der Waals surface area contributed by atoms with Crippen molar-refractivity contribution in [2.24, 2.45) is 0 Å². The van der Waals surface area contributed by atoms with E-state index in [9.17, 15) is 14.4 Å². The average molecular weight is 386 g/mol. The van der Waals surface area contributed by atoms with Crippen molar-refractivity contribution < 1.29 is 47.6 Å². The van der Waals surface area contributed by atoms with Crippen LogP contribution in [0.1, 0.15) is 27.7 Å². The van der Waals surface area contributed by atoms with Gasteiger partial charge in [0.05, 0.1) is 13.2 Å². The van der Waals surface area contributed by atoms with Crippen molar-refractivity contribution in [3.05, 3.63) is 5.53 Å². The molecule has 11 heteroatoms.